The van der Waals surface area contributed by atoms with Crippen LogP contribution in [0.1, 0.15) is 37.5 Å². The standard InChI is InChI=1S/C22H24N2.ClH/c1-4-24-20-8-6-5-7-18(20)22(2,3)21(24)12-10-16-9-11-19-17(15-16)13-14-23-19;/h5-12,15H,4,13-14H2,1-3H3;1H. The van der Waals surface area contributed by atoms with E-state index in [0.717, 1.165) is 19.5 Å². The molecule has 2 aliphatic rings. The third-order valence-corrected chi connectivity index (χ3v) is 5.39. The average molecular weight is 353 g/mol. The van der Waals surface area contributed by atoms with E-state index in [9.17, 15) is 0 Å². The first kappa shape index (κ1) is 17.8. The van der Waals surface area contributed by atoms with Crippen LogP contribution in [0.2, 0.25) is 0 Å². The molecule has 2 nitrogen and oxygen atoms in total. The van der Waals surface area contributed by atoms with E-state index in [1.165, 1.54) is 33.8 Å². The summed E-state index contributed by atoms with van der Waals surface area (Å²) in [6, 6.07) is 15.5. The van der Waals surface area contributed by atoms with Crippen LogP contribution in [0.15, 0.2) is 48.5 Å². The molecule has 0 radical (unpaired) electrons. The molecule has 3 heteroatoms. The highest BCUT2D eigenvalue weighted by molar-refractivity contribution is 6.05. The molecule has 2 aromatic carbocycles. The monoisotopic (exact) mass is 352 g/mol. The van der Waals surface area contributed by atoms with Crippen molar-refractivity contribution in [2.24, 2.45) is 0 Å². The molecular formula is C22H25ClN2. The van der Waals surface area contributed by atoms with Gasteiger partial charge >= 0.3 is 0 Å². The Hall–Kier alpha value is -2.06. The number of benzene rings is 2. The highest BCUT2D eigenvalue weighted by Crippen LogP contribution is 2.39. The molecule has 0 aliphatic carbocycles. The zero-order valence-electron chi connectivity index (χ0n) is 15.1. The van der Waals surface area contributed by atoms with Gasteiger partial charge in [-0.15, -0.1) is 0 Å². The number of fused-ring (bicyclic) bond motifs is 2. The van der Waals surface area contributed by atoms with Crippen molar-refractivity contribution in [1.82, 2.24) is 0 Å². The summed E-state index contributed by atoms with van der Waals surface area (Å²) in [5.74, 6) is 0. The summed E-state index contributed by atoms with van der Waals surface area (Å²) in [6.07, 6.45) is 5.71. The lowest BCUT2D eigenvalue weighted by molar-refractivity contribution is -0.433. The maximum Gasteiger partial charge on any atom is 0.209 e. The van der Waals surface area contributed by atoms with Crippen LogP contribution in [-0.4, -0.2) is 23.4 Å². The van der Waals surface area contributed by atoms with Crippen molar-refractivity contribution in [3.63, 3.8) is 0 Å². The number of anilines is 1. The van der Waals surface area contributed by atoms with Crippen molar-refractivity contribution in [2.75, 3.05) is 18.4 Å². The summed E-state index contributed by atoms with van der Waals surface area (Å²) >= 11 is 0. The van der Waals surface area contributed by atoms with Crippen molar-refractivity contribution in [1.29, 1.82) is 0 Å². The lowest BCUT2D eigenvalue weighted by Crippen LogP contribution is -3.00. The normalized spacial score (nSPS) is 17.2. The van der Waals surface area contributed by atoms with Crippen LogP contribution in [0, 0.1) is 0 Å². The Kier molecular flexibility index (Phi) is 4.75. The quantitative estimate of drug-likeness (QED) is 0.832. The molecule has 2 aliphatic heterocycles. The summed E-state index contributed by atoms with van der Waals surface area (Å²) in [4.78, 5) is 0. The van der Waals surface area contributed by atoms with Gasteiger partial charge in [-0.1, -0.05) is 24.3 Å². The van der Waals surface area contributed by atoms with E-state index in [0.29, 0.717) is 0 Å². The van der Waals surface area contributed by atoms with Gasteiger partial charge in [0.2, 0.25) is 5.69 Å². The van der Waals surface area contributed by atoms with Crippen LogP contribution < -0.4 is 17.7 Å². The molecule has 25 heavy (non-hydrogen) atoms. The summed E-state index contributed by atoms with van der Waals surface area (Å²) in [7, 11) is 0. The number of halogens is 1. The molecule has 0 spiro atoms. The van der Waals surface area contributed by atoms with Crippen LogP contribution in [0.25, 0.3) is 6.08 Å². The van der Waals surface area contributed by atoms with E-state index in [-0.39, 0.29) is 17.8 Å². The Labute approximate surface area is 156 Å². The van der Waals surface area contributed by atoms with Crippen molar-refractivity contribution in [3.8, 4) is 0 Å². The average Bonchev–Trinajstić information content (AvgIpc) is 3.13. The van der Waals surface area contributed by atoms with Gasteiger partial charge in [0, 0.05) is 29.9 Å². The van der Waals surface area contributed by atoms with Crippen molar-refractivity contribution in [3.05, 3.63) is 65.2 Å². The molecule has 2 aromatic rings. The van der Waals surface area contributed by atoms with Gasteiger partial charge in [0.25, 0.3) is 0 Å². The van der Waals surface area contributed by atoms with E-state index >= 15 is 0 Å². The fourth-order valence-corrected chi connectivity index (χ4v) is 4.09. The van der Waals surface area contributed by atoms with E-state index < -0.39 is 0 Å². The number of rotatable bonds is 3. The number of allylic oxidation sites excluding steroid dienone is 1. The second-order valence-corrected chi connectivity index (χ2v) is 7.20. The Balaban J connectivity index is 0.00000182. The van der Waals surface area contributed by atoms with E-state index in [4.69, 9.17) is 0 Å². The SMILES string of the molecule is CC[N+]1=C(/C=C/c2ccc3c(c2)CCN3)C(C)(C)c2ccccc21.[Cl-]. The first-order valence-electron chi connectivity index (χ1n) is 8.90. The lowest BCUT2D eigenvalue weighted by atomic mass is 9.81. The Morgan fingerprint density at radius 2 is 1.92 bits per heavy atom. The van der Waals surface area contributed by atoms with Gasteiger partial charge in [-0.3, -0.25) is 0 Å². The fourth-order valence-electron chi connectivity index (χ4n) is 4.09. The minimum absolute atomic E-state index is 0. The number of nitrogens with one attached hydrogen (secondary N) is 1. The molecule has 0 amide bonds. The Bertz CT molecular complexity index is 862. The first-order chi connectivity index (χ1) is 11.6. The van der Waals surface area contributed by atoms with Crippen molar-refractivity contribution in [2.45, 2.75) is 32.6 Å². The number of hydrogen-bond donors (Lipinski definition) is 1. The highest BCUT2D eigenvalue weighted by Gasteiger charge is 2.43. The van der Waals surface area contributed by atoms with E-state index in [1.54, 1.807) is 0 Å². The van der Waals surface area contributed by atoms with Gasteiger partial charge in [-0.25, -0.2) is 0 Å². The second-order valence-electron chi connectivity index (χ2n) is 7.20. The molecular weight excluding hydrogens is 328 g/mol. The van der Waals surface area contributed by atoms with E-state index in [2.05, 4.69) is 85.3 Å². The molecule has 0 fully saturated rings. The molecule has 0 saturated heterocycles. The van der Waals surface area contributed by atoms with Gasteiger partial charge < -0.3 is 17.7 Å². The zero-order valence-corrected chi connectivity index (χ0v) is 15.9. The van der Waals surface area contributed by atoms with Crippen LogP contribution in [0.3, 0.4) is 0 Å². The van der Waals surface area contributed by atoms with E-state index in [1.807, 2.05) is 0 Å². The Morgan fingerprint density at radius 1 is 1.12 bits per heavy atom. The Morgan fingerprint density at radius 3 is 2.72 bits per heavy atom. The minimum atomic E-state index is 0. The number of hydrogen-bond acceptors (Lipinski definition) is 1. The smallest absolute Gasteiger partial charge is 0.209 e. The number of nitrogens with zero attached hydrogens (tertiary/aromatic N) is 1. The van der Waals surface area contributed by atoms with Crippen molar-refractivity contribution >= 4 is 23.2 Å². The molecule has 130 valence electrons. The van der Waals surface area contributed by atoms with Crippen LogP contribution >= 0.6 is 0 Å². The predicted octanol–water partition coefficient (Wildman–Crippen LogP) is 1.77. The maximum atomic E-state index is 3.43. The molecule has 0 bridgehead atoms. The molecule has 2 heterocycles. The summed E-state index contributed by atoms with van der Waals surface area (Å²) in [6.45, 7) is 8.94. The molecule has 0 aromatic heterocycles. The van der Waals surface area contributed by atoms with Crippen LogP contribution in [0.5, 0.6) is 0 Å². The topological polar surface area (TPSA) is 15.0 Å². The summed E-state index contributed by atoms with van der Waals surface area (Å²) < 4.78 is 2.45. The van der Waals surface area contributed by atoms with Gasteiger partial charge in [0.1, 0.15) is 6.54 Å². The van der Waals surface area contributed by atoms with Crippen LogP contribution in [0.4, 0.5) is 11.4 Å². The summed E-state index contributed by atoms with van der Waals surface area (Å²) in [5, 5.41) is 3.43. The van der Waals surface area contributed by atoms with Gasteiger partial charge in [0.05, 0.1) is 5.41 Å². The molecule has 1 N–H and O–H groups in total. The third-order valence-electron chi connectivity index (χ3n) is 5.39. The first-order valence-corrected chi connectivity index (χ1v) is 8.90. The second kappa shape index (κ2) is 6.68. The molecule has 0 saturated carbocycles. The predicted molar refractivity (Wildman–Crippen MR) is 103 cm³/mol. The largest absolute Gasteiger partial charge is 1.00 e. The van der Waals surface area contributed by atoms with Gasteiger partial charge in [0.15, 0.2) is 5.71 Å². The minimum Gasteiger partial charge on any atom is -1.00 e. The third kappa shape index (κ3) is 2.89. The maximum absolute atomic E-state index is 3.43. The highest BCUT2D eigenvalue weighted by atomic mass is 35.5. The van der Waals surface area contributed by atoms with Gasteiger partial charge in [-0.2, -0.15) is 4.58 Å². The lowest BCUT2D eigenvalue weighted by Gasteiger charge is -2.15. The fraction of sp³-hybridized carbons (Fsp3) is 0.318. The van der Waals surface area contributed by atoms with Gasteiger partial charge in [-0.05, 0) is 56.5 Å². The molecule has 0 unspecified atom stereocenters. The van der Waals surface area contributed by atoms with Crippen molar-refractivity contribution < 1.29 is 17.0 Å². The molecule has 0 atom stereocenters. The zero-order chi connectivity index (χ0) is 16.7. The van der Waals surface area contributed by atoms with Crippen LogP contribution in [-0.2, 0) is 11.8 Å². The molecule has 4 rings (SSSR count). The number of para-hydroxylation sites is 1. The summed E-state index contributed by atoms with van der Waals surface area (Å²) in [5.41, 5.74) is 8.21.